The molecule has 4 nitrogen and oxygen atoms in total. The molecule has 0 saturated heterocycles. The van der Waals surface area contributed by atoms with E-state index in [4.69, 9.17) is 16.3 Å². The van der Waals surface area contributed by atoms with Gasteiger partial charge in [0.05, 0.1) is 0 Å². The van der Waals surface area contributed by atoms with Crippen molar-refractivity contribution in [2.24, 2.45) is 0 Å². The van der Waals surface area contributed by atoms with Gasteiger partial charge in [0.25, 0.3) is 0 Å². The summed E-state index contributed by atoms with van der Waals surface area (Å²) >= 11 is 6.07. The third-order valence-corrected chi connectivity index (χ3v) is 2.72. The molecule has 0 heterocycles. The van der Waals surface area contributed by atoms with E-state index in [1.165, 1.54) is 0 Å². The fraction of sp³-hybridized carbons (Fsp3) is 0.462. The van der Waals surface area contributed by atoms with Crippen LogP contribution in [-0.4, -0.2) is 18.6 Å². The average Bonchev–Trinajstić information content (AvgIpc) is 2.35. The zero-order valence-electron chi connectivity index (χ0n) is 11.2. The molecule has 0 aromatic heterocycles. The minimum Gasteiger partial charge on any atom is -1.00 e. The van der Waals surface area contributed by atoms with Gasteiger partial charge in [-0.05, 0) is 30.7 Å². The molecule has 4 N–H and O–H groups in total. The van der Waals surface area contributed by atoms with Crippen molar-refractivity contribution >= 4 is 17.5 Å². The Hall–Kier alpha value is -0.970. The van der Waals surface area contributed by atoms with Crippen molar-refractivity contribution in [3.63, 3.8) is 0 Å². The van der Waals surface area contributed by atoms with Gasteiger partial charge >= 0.3 is 0 Å². The van der Waals surface area contributed by atoms with Crippen molar-refractivity contribution in [1.82, 2.24) is 5.32 Å². The van der Waals surface area contributed by atoms with E-state index in [1.54, 1.807) is 6.07 Å². The minimum atomic E-state index is 0. The maximum absolute atomic E-state index is 11.2. The molecule has 1 aromatic carbocycles. The quantitative estimate of drug-likeness (QED) is 0.663. The van der Waals surface area contributed by atoms with Gasteiger partial charge in [-0.2, -0.15) is 0 Å². The fourth-order valence-electron chi connectivity index (χ4n) is 1.33. The predicted molar refractivity (Wildman–Crippen MR) is 71.4 cm³/mol. The first kappa shape index (κ1) is 18.0. The molecular weight excluding hydrogens is 287 g/mol. The van der Waals surface area contributed by atoms with Crippen LogP contribution in [-0.2, 0) is 11.3 Å². The first-order chi connectivity index (χ1) is 8.52. The number of quaternary nitrogens is 1. The van der Waals surface area contributed by atoms with Crippen LogP contribution >= 0.6 is 11.6 Å². The maximum atomic E-state index is 11.2. The zero-order valence-corrected chi connectivity index (χ0v) is 12.7. The van der Waals surface area contributed by atoms with Crippen molar-refractivity contribution in [3.05, 3.63) is 28.8 Å². The van der Waals surface area contributed by atoms with Crippen LogP contribution in [0.5, 0.6) is 5.75 Å². The Labute approximate surface area is 125 Å². The summed E-state index contributed by atoms with van der Waals surface area (Å²) in [7, 11) is 0. The predicted octanol–water partition coefficient (Wildman–Crippen LogP) is -1.62. The highest BCUT2D eigenvalue weighted by molar-refractivity contribution is 6.31. The summed E-state index contributed by atoms with van der Waals surface area (Å²) in [6, 6.07) is 5.66. The highest BCUT2D eigenvalue weighted by atomic mass is 35.5. The lowest BCUT2D eigenvalue weighted by molar-refractivity contribution is -0.417. The molecule has 0 saturated carbocycles. The van der Waals surface area contributed by atoms with Gasteiger partial charge in [-0.15, -0.1) is 0 Å². The third kappa shape index (κ3) is 6.66. The molecule has 6 heteroatoms. The van der Waals surface area contributed by atoms with Gasteiger partial charge in [-0.1, -0.05) is 18.5 Å². The van der Waals surface area contributed by atoms with Crippen LogP contribution in [0.15, 0.2) is 18.2 Å². The second-order valence-electron chi connectivity index (χ2n) is 4.30. The Bertz CT molecular complexity index is 412. The van der Waals surface area contributed by atoms with E-state index < -0.39 is 0 Å². The molecule has 108 valence electrons. The van der Waals surface area contributed by atoms with Crippen LogP contribution in [0, 0.1) is 0 Å². The number of carbonyl (C=O) groups is 1. The van der Waals surface area contributed by atoms with E-state index >= 15 is 0 Å². The summed E-state index contributed by atoms with van der Waals surface area (Å²) in [5.41, 5.74) is 4.71. The normalized spacial score (nSPS) is 11.4. The van der Waals surface area contributed by atoms with Crippen molar-refractivity contribution in [1.29, 1.82) is 0 Å². The lowest BCUT2D eigenvalue weighted by atomic mass is 10.2. The number of amides is 1. The Morgan fingerprint density at radius 2 is 2.21 bits per heavy atom. The topological polar surface area (TPSA) is 66.0 Å². The SMILES string of the molecule is CCC(=O)NCc1cc(OC[C@H](C)[NH3+])ccc1Cl.[Cl-]. The summed E-state index contributed by atoms with van der Waals surface area (Å²) in [5.74, 6) is 0.749. The highest BCUT2D eigenvalue weighted by Gasteiger charge is 2.06. The van der Waals surface area contributed by atoms with Crippen molar-refractivity contribution in [2.45, 2.75) is 32.9 Å². The number of ether oxygens (including phenoxy) is 1. The molecule has 0 unspecified atom stereocenters. The second-order valence-corrected chi connectivity index (χ2v) is 4.71. The van der Waals surface area contributed by atoms with E-state index in [0.29, 0.717) is 24.6 Å². The van der Waals surface area contributed by atoms with Crippen LogP contribution < -0.4 is 28.2 Å². The summed E-state index contributed by atoms with van der Waals surface area (Å²) in [6.07, 6.45) is 0.465. The molecule has 1 aromatic rings. The average molecular weight is 307 g/mol. The summed E-state index contributed by atoms with van der Waals surface area (Å²) < 4.78 is 5.56. The summed E-state index contributed by atoms with van der Waals surface area (Å²) in [6.45, 7) is 4.77. The number of carbonyl (C=O) groups excluding carboxylic acids is 1. The van der Waals surface area contributed by atoms with E-state index in [2.05, 4.69) is 11.1 Å². The van der Waals surface area contributed by atoms with Crippen molar-refractivity contribution in [3.8, 4) is 5.75 Å². The molecule has 19 heavy (non-hydrogen) atoms. The minimum absolute atomic E-state index is 0. The van der Waals surface area contributed by atoms with E-state index in [0.717, 1.165) is 11.3 Å². The van der Waals surface area contributed by atoms with Gasteiger partial charge in [0.1, 0.15) is 18.4 Å². The highest BCUT2D eigenvalue weighted by Crippen LogP contribution is 2.22. The summed E-state index contributed by atoms with van der Waals surface area (Å²) in [5, 5.41) is 3.42. The molecular formula is C13H20Cl2N2O2. The first-order valence-electron chi connectivity index (χ1n) is 6.04. The Morgan fingerprint density at radius 1 is 1.53 bits per heavy atom. The molecule has 1 atom stereocenters. The molecule has 0 spiro atoms. The number of hydrogen-bond donors (Lipinski definition) is 2. The number of hydrogen-bond acceptors (Lipinski definition) is 2. The van der Waals surface area contributed by atoms with Crippen LogP contribution in [0.25, 0.3) is 0 Å². The van der Waals surface area contributed by atoms with Gasteiger partial charge < -0.3 is 28.2 Å². The Morgan fingerprint density at radius 3 is 2.79 bits per heavy atom. The summed E-state index contributed by atoms with van der Waals surface area (Å²) in [4.78, 5) is 11.2. The molecule has 0 aliphatic heterocycles. The standard InChI is InChI=1S/C13H19ClN2O2.ClH/c1-3-13(17)16-7-10-6-11(4-5-12(10)14)18-8-9(2)15;/h4-6,9H,3,7-8,15H2,1-2H3,(H,16,17);1H/t9-;/m0./s1. The third-order valence-electron chi connectivity index (χ3n) is 2.35. The number of nitrogens with one attached hydrogen (secondary N) is 1. The van der Waals surface area contributed by atoms with Crippen LogP contribution in [0.3, 0.4) is 0 Å². The lowest BCUT2D eigenvalue weighted by Gasteiger charge is -2.10. The molecule has 0 bridgehead atoms. The maximum Gasteiger partial charge on any atom is 0.219 e. The van der Waals surface area contributed by atoms with E-state index in [-0.39, 0.29) is 24.4 Å². The molecule has 0 fully saturated rings. The van der Waals surface area contributed by atoms with Gasteiger partial charge in [0, 0.05) is 18.0 Å². The van der Waals surface area contributed by atoms with Gasteiger partial charge in [0.15, 0.2) is 0 Å². The van der Waals surface area contributed by atoms with Crippen LogP contribution in [0.2, 0.25) is 5.02 Å². The van der Waals surface area contributed by atoms with E-state index in [1.807, 2.05) is 26.0 Å². The smallest absolute Gasteiger partial charge is 0.219 e. The largest absolute Gasteiger partial charge is 1.00 e. The Balaban J connectivity index is 0.00000324. The van der Waals surface area contributed by atoms with Gasteiger partial charge in [0.2, 0.25) is 5.91 Å². The van der Waals surface area contributed by atoms with Crippen molar-refractivity contribution in [2.75, 3.05) is 6.61 Å². The van der Waals surface area contributed by atoms with Gasteiger partial charge in [-0.3, -0.25) is 4.79 Å². The monoisotopic (exact) mass is 306 g/mol. The molecule has 0 aliphatic rings. The van der Waals surface area contributed by atoms with E-state index in [9.17, 15) is 4.79 Å². The number of rotatable bonds is 6. The first-order valence-corrected chi connectivity index (χ1v) is 6.41. The Kier molecular flexibility index (Phi) is 8.56. The van der Waals surface area contributed by atoms with Crippen molar-refractivity contribution < 1.29 is 27.7 Å². The molecule has 0 radical (unpaired) electrons. The van der Waals surface area contributed by atoms with Crippen LogP contribution in [0.1, 0.15) is 25.8 Å². The molecule has 0 aliphatic carbocycles. The lowest BCUT2D eigenvalue weighted by Crippen LogP contribution is -3.00. The number of benzene rings is 1. The zero-order chi connectivity index (χ0) is 13.5. The number of halogens is 2. The molecule has 1 rings (SSSR count). The fourth-order valence-corrected chi connectivity index (χ4v) is 1.52. The van der Waals surface area contributed by atoms with Crippen LogP contribution in [0.4, 0.5) is 0 Å². The molecule has 1 amide bonds. The second kappa shape index (κ2) is 9.02. The van der Waals surface area contributed by atoms with Gasteiger partial charge in [-0.25, -0.2) is 0 Å².